The van der Waals surface area contributed by atoms with Crippen molar-refractivity contribution in [3.63, 3.8) is 0 Å². The lowest BCUT2D eigenvalue weighted by Crippen LogP contribution is -2.14. The van der Waals surface area contributed by atoms with E-state index in [0.29, 0.717) is 12.2 Å². The monoisotopic (exact) mass is 224 g/mol. The Bertz CT molecular complexity index is 373. The summed E-state index contributed by atoms with van der Waals surface area (Å²) in [6.07, 6.45) is -1.24. The largest absolute Gasteiger partial charge is 0.494 e. The van der Waals surface area contributed by atoms with E-state index in [1.165, 1.54) is 7.11 Å². The van der Waals surface area contributed by atoms with Crippen LogP contribution in [0.15, 0.2) is 18.2 Å². The molecule has 0 saturated heterocycles. The number of esters is 1. The third-order valence-electron chi connectivity index (χ3n) is 2.27. The molecule has 0 saturated carbocycles. The molecule has 1 unspecified atom stereocenters. The number of hydrogen-bond donors (Lipinski definition) is 1. The number of aliphatic hydroxyl groups is 1. The molecule has 0 aliphatic carbocycles. The Balaban J connectivity index is 2.94. The van der Waals surface area contributed by atoms with Crippen molar-refractivity contribution >= 4 is 5.97 Å². The summed E-state index contributed by atoms with van der Waals surface area (Å²) in [7, 11) is 1.25. The van der Waals surface area contributed by atoms with Crippen LogP contribution in [-0.4, -0.2) is 24.8 Å². The SMILES string of the molecule is CCOc1ccc(C(O)C(=O)OC)c(C)c1. The van der Waals surface area contributed by atoms with Gasteiger partial charge in [0.2, 0.25) is 0 Å². The molecule has 1 rings (SSSR count). The Morgan fingerprint density at radius 2 is 2.19 bits per heavy atom. The second kappa shape index (κ2) is 5.51. The van der Waals surface area contributed by atoms with Crippen LogP contribution < -0.4 is 4.74 Å². The van der Waals surface area contributed by atoms with Gasteiger partial charge in [0.05, 0.1) is 13.7 Å². The molecule has 0 fully saturated rings. The molecule has 0 spiro atoms. The maximum atomic E-state index is 11.2. The highest BCUT2D eigenvalue weighted by atomic mass is 16.5. The zero-order valence-corrected chi connectivity index (χ0v) is 9.69. The van der Waals surface area contributed by atoms with Crippen molar-refractivity contribution in [2.45, 2.75) is 20.0 Å². The molecule has 0 aromatic heterocycles. The molecule has 1 atom stereocenters. The first-order valence-electron chi connectivity index (χ1n) is 5.09. The van der Waals surface area contributed by atoms with Gasteiger partial charge in [-0.3, -0.25) is 0 Å². The average molecular weight is 224 g/mol. The number of aliphatic hydroxyl groups excluding tert-OH is 1. The smallest absolute Gasteiger partial charge is 0.339 e. The van der Waals surface area contributed by atoms with Crippen molar-refractivity contribution in [3.8, 4) is 5.75 Å². The molecule has 1 aromatic rings. The van der Waals surface area contributed by atoms with Crippen molar-refractivity contribution in [2.24, 2.45) is 0 Å². The van der Waals surface area contributed by atoms with Crippen LogP contribution in [-0.2, 0) is 9.53 Å². The van der Waals surface area contributed by atoms with E-state index in [4.69, 9.17) is 4.74 Å². The number of rotatable bonds is 4. The summed E-state index contributed by atoms with van der Waals surface area (Å²) in [6, 6.07) is 5.17. The van der Waals surface area contributed by atoms with E-state index in [-0.39, 0.29) is 0 Å². The number of carbonyl (C=O) groups excluding carboxylic acids is 1. The van der Waals surface area contributed by atoms with Crippen LogP contribution in [0.25, 0.3) is 0 Å². The van der Waals surface area contributed by atoms with Gasteiger partial charge in [0, 0.05) is 0 Å². The molecule has 0 bridgehead atoms. The average Bonchev–Trinajstić information content (AvgIpc) is 2.28. The van der Waals surface area contributed by atoms with Crippen molar-refractivity contribution in [1.82, 2.24) is 0 Å². The van der Waals surface area contributed by atoms with Crippen molar-refractivity contribution in [2.75, 3.05) is 13.7 Å². The first kappa shape index (κ1) is 12.5. The number of ether oxygens (including phenoxy) is 2. The fourth-order valence-corrected chi connectivity index (χ4v) is 1.45. The van der Waals surface area contributed by atoms with Gasteiger partial charge in [-0.15, -0.1) is 0 Å². The summed E-state index contributed by atoms with van der Waals surface area (Å²) in [5.74, 6) is 0.0630. The zero-order valence-electron chi connectivity index (χ0n) is 9.69. The van der Waals surface area contributed by atoms with Gasteiger partial charge in [-0.25, -0.2) is 4.79 Å². The highest BCUT2D eigenvalue weighted by Gasteiger charge is 2.19. The Morgan fingerprint density at radius 3 is 2.69 bits per heavy atom. The first-order valence-corrected chi connectivity index (χ1v) is 5.09. The Morgan fingerprint density at radius 1 is 1.50 bits per heavy atom. The summed E-state index contributed by atoms with van der Waals surface area (Å²) >= 11 is 0. The standard InChI is InChI=1S/C12H16O4/c1-4-16-9-5-6-10(8(2)7-9)11(13)12(14)15-3/h5-7,11,13H,4H2,1-3H3. The second-order valence-electron chi connectivity index (χ2n) is 3.38. The minimum atomic E-state index is -1.24. The van der Waals surface area contributed by atoms with Gasteiger partial charge in [-0.05, 0) is 37.1 Å². The van der Waals surface area contributed by atoms with Gasteiger partial charge in [-0.1, -0.05) is 6.07 Å². The molecule has 4 nitrogen and oxygen atoms in total. The van der Waals surface area contributed by atoms with Crippen LogP contribution in [0.2, 0.25) is 0 Å². The second-order valence-corrected chi connectivity index (χ2v) is 3.38. The van der Waals surface area contributed by atoms with E-state index in [1.807, 2.05) is 13.8 Å². The lowest BCUT2D eigenvalue weighted by Gasteiger charge is -2.12. The van der Waals surface area contributed by atoms with Gasteiger partial charge >= 0.3 is 5.97 Å². The summed E-state index contributed by atoms with van der Waals surface area (Å²) in [4.78, 5) is 11.2. The maximum Gasteiger partial charge on any atom is 0.339 e. The Labute approximate surface area is 94.8 Å². The highest BCUT2D eigenvalue weighted by Crippen LogP contribution is 2.23. The third-order valence-corrected chi connectivity index (χ3v) is 2.27. The minimum absolute atomic E-state index is 0.537. The number of methoxy groups -OCH3 is 1. The van der Waals surface area contributed by atoms with E-state index in [0.717, 1.165) is 11.3 Å². The normalized spacial score (nSPS) is 12.0. The summed E-state index contributed by atoms with van der Waals surface area (Å²) in [6.45, 7) is 4.29. The summed E-state index contributed by atoms with van der Waals surface area (Å²) in [5.41, 5.74) is 1.33. The molecule has 1 aromatic carbocycles. The van der Waals surface area contributed by atoms with Crippen LogP contribution in [0.3, 0.4) is 0 Å². The number of carbonyl (C=O) groups is 1. The van der Waals surface area contributed by atoms with Gasteiger partial charge in [0.1, 0.15) is 5.75 Å². The summed E-state index contributed by atoms with van der Waals surface area (Å²) in [5, 5.41) is 9.68. The van der Waals surface area contributed by atoms with Crippen LogP contribution in [0.1, 0.15) is 24.2 Å². The van der Waals surface area contributed by atoms with Crippen molar-refractivity contribution < 1.29 is 19.4 Å². The van der Waals surface area contributed by atoms with Gasteiger partial charge < -0.3 is 14.6 Å². The molecule has 0 amide bonds. The molecular weight excluding hydrogens is 208 g/mol. The van der Waals surface area contributed by atoms with Gasteiger partial charge in [-0.2, -0.15) is 0 Å². The van der Waals surface area contributed by atoms with E-state index in [1.54, 1.807) is 18.2 Å². The molecule has 0 heterocycles. The number of hydrogen-bond acceptors (Lipinski definition) is 4. The quantitative estimate of drug-likeness (QED) is 0.789. The Kier molecular flexibility index (Phi) is 4.31. The molecule has 88 valence electrons. The molecular formula is C12H16O4. The molecule has 16 heavy (non-hydrogen) atoms. The minimum Gasteiger partial charge on any atom is -0.494 e. The molecule has 0 radical (unpaired) electrons. The predicted octanol–water partition coefficient (Wildman–Crippen LogP) is 1.60. The van der Waals surface area contributed by atoms with E-state index in [2.05, 4.69) is 4.74 Å². The van der Waals surface area contributed by atoms with Gasteiger partial charge in [0.15, 0.2) is 6.10 Å². The van der Waals surface area contributed by atoms with Crippen LogP contribution in [0.4, 0.5) is 0 Å². The highest BCUT2D eigenvalue weighted by molar-refractivity contribution is 5.76. The maximum absolute atomic E-state index is 11.2. The molecule has 1 N–H and O–H groups in total. The van der Waals surface area contributed by atoms with Gasteiger partial charge in [0.25, 0.3) is 0 Å². The fourth-order valence-electron chi connectivity index (χ4n) is 1.45. The zero-order chi connectivity index (χ0) is 12.1. The summed E-state index contributed by atoms with van der Waals surface area (Å²) < 4.78 is 9.79. The molecule has 0 aliphatic rings. The number of benzene rings is 1. The van der Waals surface area contributed by atoms with Crippen molar-refractivity contribution in [1.29, 1.82) is 0 Å². The van der Waals surface area contributed by atoms with Crippen LogP contribution in [0, 0.1) is 6.92 Å². The molecule has 0 aliphatic heterocycles. The fraction of sp³-hybridized carbons (Fsp3) is 0.417. The van der Waals surface area contributed by atoms with Crippen molar-refractivity contribution in [3.05, 3.63) is 29.3 Å². The first-order chi connectivity index (χ1) is 7.60. The molecule has 4 heteroatoms. The van der Waals surface area contributed by atoms with Crippen LogP contribution >= 0.6 is 0 Å². The van der Waals surface area contributed by atoms with E-state index < -0.39 is 12.1 Å². The van der Waals surface area contributed by atoms with E-state index >= 15 is 0 Å². The number of aryl methyl sites for hydroxylation is 1. The van der Waals surface area contributed by atoms with E-state index in [9.17, 15) is 9.90 Å². The lowest BCUT2D eigenvalue weighted by molar-refractivity contribution is -0.150. The lowest BCUT2D eigenvalue weighted by atomic mass is 10.0. The van der Waals surface area contributed by atoms with Crippen LogP contribution in [0.5, 0.6) is 5.75 Å². The third kappa shape index (κ3) is 2.73. The Hall–Kier alpha value is -1.55. The predicted molar refractivity (Wildman–Crippen MR) is 59.3 cm³/mol. The topological polar surface area (TPSA) is 55.8 Å².